The predicted octanol–water partition coefficient (Wildman–Crippen LogP) is 2.61. The van der Waals surface area contributed by atoms with Gasteiger partial charge in [-0.25, -0.2) is 4.98 Å². The van der Waals surface area contributed by atoms with Crippen LogP contribution in [0.4, 0.5) is 0 Å². The third-order valence-corrected chi connectivity index (χ3v) is 2.74. The fraction of sp³-hybridized carbons (Fsp3) is 0.143. The smallest absolute Gasteiger partial charge is 0.228 e. The average Bonchev–Trinajstić information content (AvgIpc) is 2.83. The van der Waals surface area contributed by atoms with Crippen LogP contribution in [-0.2, 0) is 6.54 Å². The molecule has 0 atom stereocenters. The second-order valence-corrected chi connectivity index (χ2v) is 4.09. The van der Waals surface area contributed by atoms with Crippen LogP contribution in [0.3, 0.4) is 0 Å². The number of nitrogens with one attached hydrogen (secondary N) is 1. The molecule has 1 aromatic carbocycles. The van der Waals surface area contributed by atoms with Crippen molar-refractivity contribution < 1.29 is 4.42 Å². The summed E-state index contributed by atoms with van der Waals surface area (Å²) in [6.07, 6.45) is 3.48. The van der Waals surface area contributed by atoms with Gasteiger partial charge in [-0.3, -0.25) is 4.98 Å². The average molecular weight is 239 g/mol. The number of fused-ring (bicyclic) bond motifs is 1. The summed E-state index contributed by atoms with van der Waals surface area (Å²) < 4.78 is 5.76. The number of oxazole rings is 1. The normalized spacial score (nSPS) is 10.9. The third kappa shape index (κ3) is 1.98. The molecule has 18 heavy (non-hydrogen) atoms. The van der Waals surface area contributed by atoms with Crippen LogP contribution in [0, 0.1) is 0 Å². The van der Waals surface area contributed by atoms with Crippen LogP contribution in [0.5, 0.6) is 0 Å². The maximum atomic E-state index is 5.76. The minimum absolute atomic E-state index is 0.611. The molecule has 0 aliphatic heterocycles. The first-order chi connectivity index (χ1) is 8.86. The molecule has 0 aliphatic rings. The SMILES string of the molecule is CNCc1ccc2nc(-c3cccnc3)oc2c1. The van der Waals surface area contributed by atoms with Crippen LogP contribution < -0.4 is 5.32 Å². The van der Waals surface area contributed by atoms with E-state index >= 15 is 0 Å². The molecule has 90 valence electrons. The molecular formula is C14H13N3O. The zero-order chi connectivity index (χ0) is 12.4. The minimum atomic E-state index is 0.611. The molecule has 0 aliphatic carbocycles. The fourth-order valence-electron chi connectivity index (χ4n) is 1.90. The number of hydrogen-bond donors (Lipinski definition) is 1. The summed E-state index contributed by atoms with van der Waals surface area (Å²) in [4.78, 5) is 8.53. The Kier molecular flexibility index (Phi) is 2.78. The highest BCUT2D eigenvalue weighted by molar-refractivity contribution is 5.76. The largest absolute Gasteiger partial charge is 0.436 e. The number of benzene rings is 1. The van der Waals surface area contributed by atoms with Crippen molar-refractivity contribution in [1.82, 2.24) is 15.3 Å². The van der Waals surface area contributed by atoms with Crippen LogP contribution in [-0.4, -0.2) is 17.0 Å². The molecule has 2 heterocycles. The summed E-state index contributed by atoms with van der Waals surface area (Å²) >= 11 is 0. The van der Waals surface area contributed by atoms with Gasteiger partial charge in [0.25, 0.3) is 0 Å². The van der Waals surface area contributed by atoms with E-state index in [1.807, 2.05) is 37.4 Å². The monoisotopic (exact) mass is 239 g/mol. The van der Waals surface area contributed by atoms with Crippen LogP contribution in [0.15, 0.2) is 47.1 Å². The fourth-order valence-corrected chi connectivity index (χ4v) is 1.90. The molecule has 3 aromatic rings. The molecule has 3 rings (SSSR count). The molecule has 4 heteroatoms. The Bertz CT molecular complexity index is 661. The van der Waals surface area contributed by atoms with Crippen molar-refractivity contribution in [3.8, 4) is 11.5 Å². The molecule has 0 unspecified atom stereocenters. The summed E-state index contributed by atoms with van der Waals surface area (Å²) in [5.41, 5.74) is 3.75. The topological polar surface area (TPSA) is 51.0 Å². The van der Waals surface area contributed by atoms with E-state index in [4.69, 9.17) is 4.42 Å². The maximum Gasteiger partial charge on any atom is 0.228 e. The van der Waals surface area contributed by atoms with Gasteiger partial charge in [-0.05, 0) is 36.9 Å². The van der Waals surface area contributed by atoms with E-state index in [2.05, 4.69) is 15.3 Å². The molecule has 2 aromatic heterocycles. The molecule has 0 saturated heterocycles. The zero-order valence-electron chi connectivity index (χ0n) is 10.1. The van der Waals surface area contributed by atoms with Gasteiger partial charge in [-0.2, -0.15) is 0 Å². The van der Waals surface area contributed by atoms with Gasteiger partial charge in [0.15, 0.2) is 5.58 Å². The Labute approximate surface area is 105 Å². The van der Waals surface area contributed by atoms with Crippen molar-refractivity contribution in [2.45, 2.75) is 6.54 Å². The number of pyridine rings is 1. The van der Waals surface area contributed by atoms with Crippen molar-refractivity contribution >= 4 is 11.1 Å². The second kappa shape index (κ2) is 4.58. The molecule has 0 saturated carbocycles. The zero-order valence-corrected chi connectivity index (χ0v) is 10.1. The lowest BCUT2D eigenvalue weighted by Gasteiger charge is -1.97. The van der Waals surface area contributed by atoms with Gasteiger partial charge in [-0.15, -0.1) is 0 Å². The van der Waals surface area contributed by atoms with Crippen molar-refractivity contribution in [1.29, 1.82) is 0 Å². The minimum Gasteiger partial charge on any atom is -0.436 e. The lowest BCUT2D eigenvalue weighted by molar-refractivity contribution is 0.618. The number of hydrogen-bond acceptors (Lipinski definition) is 4. The van der Waals surface area contributed by atoms with Gasteiger partial charge in [0.05, 0.1) is 5.56 Å². The summed E-state index contributed by atoms with van der Waals surface area (Å²) in [5.74, 6) is 0.611. The Balaban J connectivity index is 2.06. The predicted molar refractivity (Wildman–Crippen MR) is 70.0 cm³/mol. The van der Waals surface area contributed by atoms with Gasteiger partial charge < -0.3 is 9.73 Å². The van der Waals surface area contributed by atoms with Crippen molar-refractivity contribution in [3.63, 3.8) is 0 Å². The van der Waals surface area contributed by atoms with E-state index in [-0.39, 0.29) is 0 Å². The second-order valence-electron chi connectivity index (χ2n) is 4.09. The summed E-state index contributed by atoms with van der Waals surface area (Å²) in [7, 11) is 1.92. The number of rotatable bonds is 3. The van der Waals surface area contributed by atoms with Crippen molar-refractivity contribution in [3.05, 3.63) is 48.3 Å². The quantitative estimate of drug-likeness (QED) is 0.763. The molecule has 0 amide bonds. The standard InChI is InChI=1S/C14H13N3O/c1-15-8-10-4-5-12-13(7-10)18-14(17-12)11-3-2-6-16-9-11/h2-7,9,15H,8H2,1H3. The van der Waals surface area contributed by atoms with E-state index in [0.717, 1.165) is 23.2 Å². The van der Waals surface area contributed by atoms with Crippen LogP contribution >= 0.6 is 0 Å². The Morgan fingerprint density at radius 1 is 1.28 bits per heavy atom. The first-order valence-electron chi connectivity index (χ1n) is 5.81. The van der Waals surface area contributed by atoms with Crippen LogP contribution in [0.25, 0.3) is 22.6 Å². The number of aromatic nitrogens is 2. The highest BCUT2D eigenvalue weighted by Gasteiger charge is 2.08. The van der Waals surface area contributed by atoms with Gasteiger partial charge in [-0.1, -0.05) is 6.07 Å². The molecule has 0 bridgehead atoms. The van der Waals surface area contributed by atoms with Gasteiger partial charge >= 0.3 is 0 Å². The van der Waals surface area contributed by atoms with Crippen molar-refractivity contribution in [2.75, 3.05) is 7.05 Å². The molecule has 1 N–H and O–H groups in total. The summed E-state index contributed by atoms with van der Waals surface area (Å²) in [5, 5.41) is 3.12. The van der Waals surface area contributed by atoms with Gasteiger partial charge in [0.1, 0.15) is 5.52 Å². The van der Waals surface area contributed by atoms with Crippen LogP contribution in [0.2, 0.25) is 0 Å². The van der Waals surface area contributed by atoms with Crippen molar-refractivity contribution in [2.24, 2.45) is 0 Å². The molecule has 0 radical (unpaired) electrons. The highest BCUT2D eigenvalue weighted by Crippen LogP contribution is 2.24. The molecule has 0 spiro atoms. The lowest BCUT2D eigenvalue weighted by Crippen LogP contribution is -2.04. The van der Waals surface area contributed by atoms with E-state index in [0.29, 0.717) is 5.89 Å². The molecule has 4 nitrogen and oxygen atoms in total. The van der Waals surface area contributed by atoms with Crippen LogP contribution in [0.1, 0.15) is 5.56 Å². The first-order valence-corrected chi connectivity index (χ1v) is 5.81. The molecular weight excluding hydrogens is 226 g/mol. The number of nitrogens with zero attached hydrogens (tertiary/aromatic N) is 2. The first kappa shape index (κ1) is 10.9. The van der Waals surface area contributed by atoms with E-state index < -0.39 is 0 Å². The Morgan fingerprint density at radius 3 is 3.00 bits per heavy atom. The summed E-state index contributed by atoms with van der Waals surface area (Å²) in [6.45, 7) is 0.818. The van der Waals surface area contributed by atoms with Gasteiger partial charge in [0.2, 0.25) is 5.89 Å². The van der Waals surface area contributed by atoms with Gasteiger partial charge in [0, 0.05) is 18.9 Å². The van der Waals surface area contributed by atoms with E-state index in [9.17, 15) is 0 Å². The highest BCUT2D eigenvalue weighted by atomic mass is 16.3. The Morgan fingerprint density at radius 2 is 2.22 bits per heavy atom. The van der Waals surface area contributed by atoms with E-state index in [1.165, 1.54) is 5.56 Å². The summed E-state index contributed by atoms with van der Waals surface area (Å²) in [6, 6.07) is 9.85. The van der Waals surface area contributed by atoms with E-state index in [1.54, 1.807) is 12.4 Å². The molecule has 0 fully saturated rings. The lowest BCUT2D eigenvalue weighted by atomic mass is 10.2. The maximum absolute atomic E-state index is 5.76. The third-order valence-electron chi connectivity index (χ3n) is 2.74. The Hall–Kier alpha value is -2.20.